The molecule has 0 aromatic carbocycles. The third kappa shape index (κ3) is 3.24. The first kappa shape index (κ1) is 12.6. The van der Waals surface area contributed by atoms with Crippen LogP contribution >= 0.6 is 27.5 Å². The van der Waals surface area contributed by atoms with E-state index in [4.69, 9.17) is 16.0 Å². The molecule has 0 radical (unpaired) electrons. The molecule has 0 fully saturated rings. The summed E-state index contributed by atoms with van der Waals surface area (Å²) in [6.07, 6.45) is 1.40. The van der Waals surface area contributed by atoms with E-state index in [1.54, 1.807) is 6.07 Å². The van der Waals surface area contributed by atoms with Crippen molar-refractivity contribution >= 4 is 33.4 Å². The number of hydrogen-bond donors (Lipinski definition) is 1. The van der Waals surface area contributed by atoms with Crippen molar-refractivity contribution in [1.29, 1.82) is 0 Å². The smallest absolute Gasteiger partial charge is 0.256 e. The van der Waals surface area contributed by atoms with E-state index in [1.165, 1.54) is 6.26 Å². The van der Waals surface area contributed by atoms with Crippen LogP contribution in [0, 0.1) is 5.92 Å². The maximum absolute atomic E-state index is 11.7. The van der Waals surface area contributed by atoms with Crippen molar-refractivity contribution in [3.63, 3.8) is 0 Å². The molecule has 5 heteroatoms. The molecule has 84 valence electrons. The van der Waals surface area contributed by atoms with Gasteiger partial charge in [-0.1, -0.05) is 22.9 Å². The van der Waals surface area contributed by atoms with Crippen LogP contribution in [0.15, 0.2) is 16.7 Å². The fourth-order valence-electron chi connectivity index (χ4n) is 1.02. The Morgan fingerprint density at radius 2 is 2.33 bits per heavy atom. The van der Waals surface area contributed by atoms with Crippen LogP contribution in [0.5, 0.6) is 0 Å². The Labute approximate surface area is 102 Å². The highest BCUT2D eigenvalue weighted by Gasteiger charge is 2.18. The Kier molecular flexibility index (Phi) is 4.67. The quantitative estimate of drug-likeness (QED) is 0.867. The maximum Gasteiger partial charge on any atom is 0.256 e. The first-order valence-electron chi connectivity index (χ1n) is 4.66. The third-order valence-electron chi connectivity index (χ3n) is 2.32. The molecule has 2 unspecified atom stereocenters. The van der Waals surface area contributed by atoms with E-state index in [0.717, 1.165) is 5.33 Å². The Hall–Kier alpha value is -0.480. The Balaban J connectivity index is 2.60. The molecule has 15 heavy (non-hydrogen) atoms. The monoisotopic (exact) mass is 293 g/mol. The minimum Gasteiger partial charge on any atom is -0.452 e. The van der Waals surface area contributed by atoms with E-state index < -0.39 is 0 Å². The lowest BCUT2D eigenvalue weighted by molar-refractivity contribution is 0.0930. The maximum atomic E-state index is 11.7. The lowest BCUT2D eigenvalue weighted by atomic mass is 10.1. The van der Waals surface area contributed by atoms with Gasteiger partial charge in [0, 0.05) is 11.4 Å². The van der Waals surface area contributed by atoms with Gasteiger partial charge in [0.2, 0.25) is 5.22 Å². The summed E-state index contributed by atoms with van der Waals surface area (Å²) in [7, 11) is 0. The summed E-state index contributed by atoms with van der Waals surface area (Å²) in [5, 5.41) is 3.83. The highest BCUT2D eigenvalue weighted by Crippen LogP contribution is 2.17. The van der Waals surface area contributed by atoms with Gasteiger partial charge in [-0.3, -0.25) is 4.79 Å². The lowest BCUT2D eigenvalue weighted by Gasteiger charge is -2.18. The van der Waals surface area contributed by atoms with Crippen molar-refractivity contribution in [2.24, 2.45) is 5.92 Å². The zero-order chi connectivity index (χ0) is 11.4. The summed E-state index contributed by atoms with van der Waals surface area (Å²) in [5.41, 5.74) is 0.380. The van der Waals surface area contributed by atoms with Crippen molar-refractivity contribution in [1.82, 2.24) is 5.32 Å². The molecule has 0 aliphatic heterocycles. The fraction of sp³-hybridized carbons (Fsp3) is 0.500. The number of alkyl halides is 1. The summed E-state index contributed by atoms with van der Waals surface area (Å²) in [4.78, 5) is 11.7. The largest absolute Gasteiger partial charge is 0.452 e. The van der Waals surface area contributed by atoms with Crippen molar-refractivity contribution in [2.45, 2.75) is 19.9 Å². The van der Waals surface area contributed by atoms with Gasteiger partial charge in [-0.2, -0.15) is 0 Å². The average molecular weight is 295 g/mol. The van der Waals surface area contributed by atoms with Gasteiger partial charge < -0.3 is 9.73 Å². The average Bonchev–Trinajstić information content (AvgIpc) is 2.63. The number of carbonyl (C=O) groups excluding carboxylic acids is 1. The standard InChI is InChI=1S/C10H13BrClNO2/c1-6(5-11)7(2)13-10(14)8-3-4-15-9(8)12/h3-4,6-7H,5H2,1-2H3,(H,13,14). The minimum absolute atomic E-state index is 0.0860. The van der Waals surface area contributed by atoms with Gasteiger partial charge in [-0.05, 0) is 30.5 Å². The first-order valence-corrected chi connectivity index (χ1v) is 6.16. The SMILES string of the molecule is CC(CBr)C(C)NC(=O)c1ccoc1Cl. The van der Waals surface area contributed by atoms with Crippen LogP contribution < -0.4 is 5.32 Å². The number of furan rings is 1. The van der Waals surface area contributed by atoms with Crippen LogP contribution in [0.25, 0.3) is 0 Å². The van der Waals surface area contributed by atoms with E-state index in [-0.39, 0.29) is 17.2 Å². The van der Waals surface area contributed by atoms with Gasteiger partial charge in [-0.25, -0.2) is 0 Å². The van der Waals surface area contributed by atoms with Gasteiger partial charge in [0.05, 0.1) is 11.8 Å². The van der Waals surface area contributed by atoms with Crippen molar-refractivity contribution in [3.05, 3.63) is 23.1 Å². The zero-order valence-corrected chi connectivity index (χ0v) is 10.9. The van der Waals surface area contributed by atoms with Crippen LogP contribution in [-0.2, 0) is 0 Å². The molecule has 1 aromatic heterocycles. The molecular formula is C10H13BrClNO2. The molecule has 2 atom stereocenters. The van der Waals surface area contributed by atoms with Crippen molar-refractivity contribution in [3.8, 4) is 0 Å². The summed E-state index contributed by atoms with van der Waals surface area (Å²) in [5.74, 6) is 0.161. The van der Waals surface area contributed by atoms with E-state index in [2.05, 4.69) is 28.2 Å². The second-order valence-electron chi connectivity index (χ2n) is 3.50. The van der Waals surface area contributed by atoms with E-state index in [9.17, 15) is 4.79 Å². The van der Waals surface area contributed by atoms with Gasteiger partial charge in [0.15, 0.2) is 0 Å². The minimum atomic E-state index is -0.200. The topological polar surface area (TPSA) is 42.2 Å². The molecule has 0 saturated carbocycles. The number of nitrogens with one attached hydrogen (secondary N) is 1. The Morgan fingerprint density at radius 1 is 1.67 bits per heavy atom. The van der Waals surface area contributed by atoms with Gasteiger partial charge in [0.1, 0.15) is 0 Å². The highest BCUT2D eigenvalue weighted by atomic mass is 79.9. The lowest BCUT2D eigenvalue weighted by Crippen LogP contribution is -2.37. The molecule has 3 nitrogen and oxygen atoms in total. The summed E-state index contributed by atoms with van der Waals surface area (Å²) >= 11 is 9.07. The Bertz CT molecular complexity index is 340. The predicted molar refractivity (Wildman–Crippen MR) is 63.6 cm³/mol. The molecule has 1 amide bonds. The van der Waals surface area contributed by atoms with Crippen LogP contribution in [0.4, 0.5) is 0 Å². The summed E-state index contributed by atoms with van der Waals surface area (Å²) < 4.78 is 4.85. The normalized spacial score (nSPS) is 14.7. The van der Waals surface area contributed by atoms with E-state index >= 15 is 0 Å². The van der Waals surface area contributed by atoms with E-state index in [1.807, 2.05) is 6.92 Å². The van der Waals surface area contributed by atoms with Gasteiger partial charge in [-0.15, -0.1) is 0 Å². The molecule has 0 saturated heterocycles. The molecule has 0 aliphatic rings. The second-order valence-corrected chi connectivity index (χ2v) is 4.49. The van der Waals surface area contributed by atoms with Crippen LogP contribution in [0.3, 0.4) is 0 Å². The number of hydrogen-bond acceptors (Lipinski definition) is 2. The predicted octanol–water partition coefficient (Wildman–Crippen LogP) is 3.08. The third-order valence-corrected chi connectivity index (χ3v) is 3.63. The number of rotatable bonds is 4. The molecule has 1 rings (SSSR count). The fourth-order valence-corrected chi connectivity index (χ4v) is 1.78. The van der Waals surface area contributed by atoms with Crippen LogP contribution in [0.2, 0.25) is 5.22 Å². The van der Waals surface area contributed by atoms with Gasteiger partial charge in [0.25, 0.3) is 5.91 Å². The molecule has 0 aliphatic carbocycles. The molecule has 0 spiro atoms. The number of carbonyl (C=O) groups is 1. The Morgan fingerprint density at radius 3 is 2.80 bits per heavy atom. The highest BCUT2D eigenvalue weighted by molar-refractivity contribution is 9.09. The molecule has 1 aromatic rings. The summed E-state index contributed by atoms with van der Waals surface area (Å²) in [6, 6.07) is 1.64. The summed E-state index contributed by atoms with van der Waals surface area (Å²) in [6.45, 7) is 4.01. The zero-order valence-electron chi connectivity index (χ0n) is 8.59. The van der Waals surface area contributed by atoms with Gasteiger partial charge >= 0.3 is 0 Å². The van der Waals surface area contributed by atoms with Crippen LogP contribution in [0.1, 0.15) is 24.2 Å². The van der Waals surface area contributed by atoms with Crippen LogP contribution in [-0.4, -0.2) is 17.3 Å². The molecule has 0 bridgehead atoms. The molecule has 1 heterocycles. The number of amides is 1. The van der Waals surface area contributed by atoms with Crippen molar-refractivity contribution < 1.29 is 9.21 Å². The second kappa shape index (κ2) is 5.56. The molecular weight excluding hydrogens is 281 g/mol. The number of halogens is 2. The van der Waals surface area contributed by atoms with Crippen molar-refractivity contribution in [2.75, 3.05) is 5.33 Å². The molecule has 1 N–H and O–H groups in total. The van der Waals surface area contributed by atoms with E-state index in [0.29, 0.717) is 11.5 Å². The first-order chi connectivity index (χ1) is 7.06.